The van der Waals surface area contributed by atoms with Gasteiger partial charge in [-0.25, -0.2) is 9.78 Å². The first-order valence-electron chi connectivity index (χ1n) is 4.43. The third-order valence-electron chi connectivity index (χ3n) is 1.81. The van der Waals surface area contributed by atoms with Crippen LogP contribution in [0.3, 0.4) is 0 Å². The summed E-state index contributed by atoms with van der Waals surface area (Å²) in [5, 5.41) is 5.73. The van der Waals surface area contributed by atoms with Crippen LogP contribution in [0.25, 0.3) is 0 Å². The van der Waals surface area contributed by atoms with Gasteiger partial charge >= 0.3 is 5.97 Å². The van der Waals surface area contributed by atoms with Gasteiger partial charge in [-0.2, -0.15) is 0 Å². The molecule has 1 aromatic rings. The highest BCUT2D eigenvalue weighted by Crippen LogP contribution is 2.16. The molecule has 1 rings (SSSR count). The Morgan fingerprint density at radius 1 is 1.79 bits per heavy atom. The molecule has 0 aliphatic rings. The van der Waals surface area contributed by atoms with Gasteiger partial charge in [0.25, 0.3) is 0 Å². The maximum atomic E-state index is 11.2. The highest BCUT2D eigenvalue weighted by atomic mass is 32.1. The number of esters is 1. The number of ether oxygens (including phenoxy) is 1. The van der Waals surface area contributed by atoms with Crippen LogP contribution in [0.5, 0.6) is 0 Å². The fraction of sp³-hybridized carbons (Fsp3) is 0.556. The number of thiazole rings is 1. The second kappa shape index (κ2) is 4.95. The Morgan fingerprint density at radius 2 is 2.50 bits per heavy atom. The third-order valence-corrected chi connectivity index (χ3v) is 2.70. The zero-order valence-corrected chi connectivity index (χ0v) is 9.35. The molecule has 0 aliphatic carbocycles. The fourth-order valence-corrected chi connectivity index (χ4v) is 1.78. The highest BCUT2D eigenvalue weighted by molar-refractivity contribution is 7.13. The lowest BCUT2D eigenvalue weighted by Gasteiger charge is -2.12. The zero-order valence-electron chi connectivity index (χ0n) is 8.53. The lowest BCUT2D eigenvalue weighted by atomic mass is 10.2. The molecule has 1 atom stereocenters. The molecule has 0 aliphatic heterocycles. The van der Waals surface area contributed by atoms with E-state index in [0.29, 0.717) is 6.42 Å². The minimum absolute atomic E-state index is 0.250. The molecule has 0 spiro atoms. The van der Waals surface area contributed by atoms with Crippen LogP contribution in [-0.4, -0.2) is 24.1 Å². The van der Waals surface area contributed by atoms with E-state index in [0.717, 1.165) is 10.8 Å². The molecule has 1 aromatic heterocycles. The van der Waals surface area contributed by atoms with E-state index in [1.807, 2.05) is 19.2 Å². The molecule has 14 heavy (non-hydrogen) atoms. The number of nitrogens with one attached hydrogen (secondary N) is 1. The zero-order chi connectivity index (χ0) is 10.6. The first-order chi connectivity index (χ1) is 6.67. The predicted molar refractivity (Wildman–Crippen MR) is 56.6 cm³/mol. The minimum Gasteiger partial charge on any atom is -0.467 e. The number of carbonyl (C=O) groups is 1. The fourth-order valence-electron chi connectivity index (χ4n) is 1.04. The van der Waals surface area contributed by atoms with Crippen LogP contribution in [0.1, 0.15) is 19.0 Å². The maximum absolute atomic E-state index is 11.2. The Kier molecular flexibility index (Phi) is 3.88. The van der Waals surface area contributed by atoms with Crippen molar-refractivity contribution in [1.29, 1.82) is 0 Å². The van der Waals surface area contributed by atoms with Gasteiger partial charge in [0.2, 0.25) is 0 Å². The van der Waals surface area contributed by atoms with Crippen molar-refractivity contribution in [2.45, 2.75) is 26.3 Å². The maximum Gasteiger partial charge on any atom is 0.328 e. The number of nitrogens with zero attached hydrogens (tertiary/aromatic N) is 1. The van der Waals surface area contributed by atoms with E-state index in [-0.39, 0.29) is 12.0 Å². The number of methoxy groups -OCH3 is 1. The van der Waals surface area contributed by atoms with Crippen molar-refractivity contribution in [1.82, 2.24) is 4.98 Å². The summed E-state index contributed by atoms with van der Waals surface area (Å²) in [6, 6.07) is -0.300. The van der Waals surface area contributed by atoms with E-state index in [1.54, 1.807) is 0 Å². The van der Waals surface area contributed by atoms with E-state index in [1.165, 1.54) is 18.4 Å². The van der Waals surface area contributed by atoms with Crippen LogP contribution < -0.4 is 5.32 Å². The molecule has 0 aromatic carbocycles. The molecule has 1 heterocycles. The average Bonchev–Trinajstić information content (AvgIpc) is 2.59. The van der Waals surface area contributed by atoms with Crippen LogP contribution in [0.15, 0.2) is 5.38 Å². The van der Waals surface area contributed by atoms with Gasteiger partial charge in [-0.3, -0.25) is 0 Å². The molecule has 1 unspecified atom stereocenters. The summed E-state index contributed by atoms with van der Waals surface area (Å²) >= 11 is 1.49. The molecule has 0 fully saturated rings. The third kappa shape index (κ3) is 2.70. The van der Waals surface area contributed by atoms with E-state index in [4.69, 9.17) is 0 Å². The largest absolute Gasteiger partial charge is 0.467 e. The molecule has 1 N–H and O–H groups in total. The van der Waals surface area contributed by atoms with Crippen LogP contribution in [0.4, 0.5) is 5.13 Å². The van der Waals surface area contributed by atoms with Crippen molar-refractivity contribution in [3.8, 4) is 0 Å². The van der Waals surface area contributed by atoms with Gasteiger partial charge in [0, 0.05) is 5.38 Å². The first-order valence-corrected chi connectivity index (χ1v) is 5.31. The van der Waals surface area contributed by atoms with Gasteiger partial charge in [-0.1, -0.05) is 6.92 Å². The highest BCUT2D eigenvalue weighted by Gasteiger charge is 2.17. The van der Waals surface area contributed by atoms with Gasteiger partial charge < -0.3 is 10.1 Å². The molecule has 5 heteroatoms. The Balaban J connectivity index is 2.61. The number of hydrogen-bond acceptors (Lipinski definition) is 5. The molecule has 0 amide bonds. The standard InChI is InChI=1S/C9H14N2O2S/c1-4-7(8(12)13-3)11-9-10-6(2)5-14-9/h5,7H,4H2,1-3H3,(H,10,11). The summed E-state index contributed by atoms with van der Waals surface area (Å²) in [4.78, 5) is 15.5. The Morgan fingerprint density at radius 3 is 2.93 bits per heavy atom. The van der Waals surface area contributed by atoms with Crippen molar-refractivity contribution in [3.63, 3.8) is 0 Å². The number of carbonyl (C=O) groups excluding carboxylic acids is 1. The lowest BCUT2D eigenvalue weighted by molar-refractivity contribution is -0.141. The Bertz CT molecular complexity index is 312. The van der Waals surface area contributed by atoms with Crippen molar-refractivity contribution in [2.24, 2.45) is 0 Å². The SMILES string of the molecule is CCC(Nc1nc(C)cs1)C(=O)OC. The summed E-state index contributed by atoms with van der Waals surface area (Å²) in [5.41, 5.74) is 0.956. The van der Waals surface area contributed by atoms with Gasteiger partial charge in [-0.15, -0.1) is 11.3 Å². The van der Waals surface area contributed by atoms with E-state index < -0.39 is 0 Å². The molecule has 0 bridgehead atoms. The molecule has 0 saturated carbocycles. The van der Waals surface area contributed by atoms with Crippen molar-refractivity contribution >= 4 is 22.4 Å². The molecular formula is C9H14N2O2S. The molecular weight excluding hydrogens is 200 g/mol. The van der Waals surface area contributed by atoms with Gasteiger partial charge in [0.15, 0.2) is 5.13 Å². The average molecular weight is 214 g/mol. The topological polar surface area (TPSA) is 51.2 Å². The number of rotatable bonds is 4. The summed E-state index contributed by atoms with van der Waals surface area (Å²) in [6.07, 6.45) is 0.686. The molecule has 0 radical (unpaired) electrons. The molecule has 0 saturated heterocycles. The van der Waals surface area contributed by atoms with Crippen molar-refractivity contribution < 1.29 is 9.53 Å². The van der Waals surface area contributed by atoms with Crippen molar-refractivity contribution in [2.75, 3.05) is 12.4 Å². The van der Waals surface area contributed by atoms with Crippen LogP contribution in [0.2, 0.25) is 0 Å². The normalized spacial score (nSPS) is 12.2. The summed E-state index contributed by atoms with van der Waals surface area (Å²) in [7, 11) is 1.39. The number of hydrogen-bond donors (Lipinski definition) is 1. The Hall–Kier alpha value is -1.10. The number of anilines is 1. The van der Waals surface area contributed by atoms with E-state index >= 15 is 0 Å². The monoisotopic (exact) mass is 214 g/mol. The predicted octanol–water partition coefficient (Wildman–Crippen LogP) is 1.82. The quantitative estimate of drug-likeness (QED) is 0.777. The van der Waals surface area contributed by atoms with Gasteiger partial charge in [-0.05, 0) is 13.3 Å². The second-order valence-electron chi connectivity index (χ2n) is 2.92. The Labute approximate surface area is 87.3 Å². The smallest absolute Gasteiger partial charge is 0.328 e. The van der Waals surface area contributed by atoms with E-state index in [9.17, 15) is 4.79 Å². The van der Waals surface area contributed by atoms with Gasteiger partial charge in [0.1, 0.15) is 6.04 Å². The first kappa shape index (κ1) is 11.0. The van der Waals surface area contributed by atoms with Crippen LogP contribution in [0, 0.1) is 6.92 Å². The minimum atomic E-state index is -0.300. The molecule has 78 valence electrons. The van der Waals surface area contributed by atoms with Crippen LogP contribution in [-0.2, 0) is 9.53 Å². The lowest BCUT2D eigenvalue weighted by Crippen LogP contribution is -2.29. The van der Waals surface area contributed by atoms with Crippen LogP contribution >= 0.6 is 11.3 Å². The number of aromatic nitrogens is 1. The molecule has 4 nitrogen and oxygen atoms in total. The second-order valence-corrected chi connectivity index (χ2v) is 3.78. The van der Waals surface area contributed by atoms with Crippen molar-refractivity contribution in [3.05, 3.63) is 11.1 Å². The van der Waals surface area contributed by atoms with E-state index in [2.05, 4.69) is 15.0 Å². The van der Waals surface area contributed by atoms with Gasteiger partial charge in [0.05, 0.1) is 12.8 Å². The number of aryl methyl sites for hydroxylation is 1. The summed E-state index contributed by atoms with van der Waals surface area (Å²) in [6.45, 7) is 3.84. The summed E-state index contributed by atoms with van der Waals surface area (Å²) in [5.74, 6) is -0.250. The summed E-state index contributed by atoms with van der Waals surface area (Å²) < 4.78 is 4.66.